The predicted octanol–water partition coefficient (Wildman–Crippen LogP) is 1.92. The van der Waals surface area contributed by atoms with Crippen LogP contribution < -0.4 is 5.32 Å². The Morgan fingerprint density at radius 2 is 2.28 bits per heavy atom. The van der Waals surface area contributed by atoms with Gasteiger partial charge in [-0.25, -0.2) is 4.98 Å². The van der Waals surface area contributed by atoms with Gasteiger partial charge in [0.1, 0.15) is 11.3 Å². The lowest BCUT2D eigenvalue weighted by atomic mass is 10.0. The van der Waals surface area contributed by atoms with E-state index in [0.29, 0.717) is 6.04 Å². The van der Waals surface area contributed by atoms with Crippen LogP contribution >= 0.6 is 0 Å². The lowest BCUT2D eigenvalue weighted by molar-refractivity contribution is 0.540. The van der Waals surface area contributed by atoms with E-state index in [4.69, 9.17) is 4.98 Å². The minimum absolute atomic E-state index is 0.696. The van der Waals surface area contributed by atoms with Crippen molar-refractivity contribution in [2.24, 2.45) is 5.92 Å². The van der Waals surface area contributed by atoms with E-state index in [1.807, 2.05) is 12.4 Å². The van der Waals surface area contributed by atoms with Crippen molar-refractivity contribution in [3.8, 4) is 0 Å². The summed E-state index contributed by atoms with van der Waals surface area (Å²) in [7, 11) is 0. The normalized spacial score (nSPS) is 23.9. The van der Waals surface area contributed by atoms with Gasteiger partial charge in [-0.3, -0.25) is 4.98 Å². The van der Waals surface area contributed by atoms with Crippen molar-refractivity contribution in [1.29, 1.82) is 0 Å². The summed E-state index contributed by atoms with van der Waals surface area (Å²) in [5, 5.41) is 3.44. The van der Waals surface area contributed by atoms with E-state index in [1.165, 1.54) is 30.6 Å². The molecule has 4 nitrogen and oxygen atoms in total. The average molecular weight is 242 g/mol. The van der Waals surface area contributed by atoms with Gasteiger partial charge in [0, 0.05) is 18.7 Å². The molecule has 2 aromatic heterocycles. The molecular weight excluding hydrogens is 224 g/mol. The highest BCUT2D eigenvalue weighted by atomic mass is 15.1. The molecule has 0 amide bonds. The minimum Gasteiger partial charge on any atom is -0.325 e. The number of imidazole rings is 1. The summed E-state index contributed by atoms with van der Waals surface area (Å²) in [5.74, 6) is 2.03. The Morgan fingerprint density at radius 1 is 1.33 bits per heavy atom. The quantitative estimate of drug-likeness (QED) is 0.894. The zero-order valence-corrected chi connectivity index (χ0v) is 10.5. The smallest absolute Gasteiger partial charge is 0.110 e. The average Bonchev–Trinajstić information content (AvgIpc) is 2.97. The Labute approximate surface area is 106 Å². The molecule has 1 saturated heterocycles. The van der Waals surface area contributed by atoms with Gasteiger partial charge in [0.25, 0.3) is 0 Å². The zero-order valence-electron chi connectivity index (χ0n) is 10.5. The molecule has 94 valence electrons. The highest BCUT2D eigenvalue weighted by Gasteiger charge is 2.29. The molecule has 1 aliphatic carbocycles. The van der Waals surface area contributed by atoms with Crippen LogP contribution in [-0.4, -0.2) is 27.6 Å². The first-order valence-corrected chi connectivity index (χ1v) is 6.93. The second kappa shape index (κ2) is 4.05. The fraction of sp³-hybridized carbons (Fsp3) is 0.571. The van der Waals surface area contributed by atoms with Gasteiger partial charge in [0.15, 0.2) is 0 Å². The molecule has 0 spiro atoms. The van der Waals surface area contributed by atoms with Crippen LogP contribution in [0.5, 0.6) is 0 Å². The first-order valence-electron chi connectivity index (χ1n) is 6.93. The van der Waals surface area contributed by atoms with Gasteiger partial charge >= 0.3 is 0 Å². The van der Waals surface area contributed by atoms with E-state index in [2.05, 4.69) is 20.9 Å². The Morgan fingerprint density at radius 3 is 3.06 bits per heavy atom. The van der Waals surface area contributed by atoms with Crippen molar-refractivity contribution in [2.45, 2.75) is 31.7 Å². The third kappa shape index (κ3) is 1.72. The number of rotatable bonds is 3. The second-order valence-electron chi connectivity index (χ2n) is 5.56. The number of nitrogens with zero attached hydrogens (tertiary/aromatic N) is 3. The van der Waals surface area contributed by atoms with Crippen LogP contribution in [0.3, 0.4) is 0 Å². The van der Waals surface area contributed by atoms with Crippen LogP contribution in [0.15, 0.2) is 18.5 Å². The molecule has 1 unspecified atom stereocenters. The minimum atomic E-state index is 0.696. The Hall–Kier alpha value is -1.42. The molecule has 2 aliphatic rings. The Kier molecular flexibility index (Phi) is 2.36. The fourth-order valence-electron chi connectivity index (χ4n) is 3.03. The third-order valence-electron chi connectivity index (χ3n) is 4.11. The molecular formula is C14H18N4. The summed E-state index contributed by atoms with van der Waals surface area (Å²) >= 11 is 0. The van der Waals surface area contributed by atoms with Gasteiger partial charge in [-0.1, -0.05) is 0 Å². The topological polar surface area (TPSA) is 42.7 Å². The standard InChI is InChI=1S/C14H18N4/c1-2-11(1)18-13-4-6-16-9-12(13)17-14(18)7-10-3-5-15-8-10/h4,6,9-11,15H,1-3,5,7-8H2. The van der Waals surface area contributed by atoms with E-state index in [1.54, 1.807) is 0 Å². The van der Waals surface area contributed by atoms with Crippen LogP contribution in [0.1, 0.15) is 31.1 Å². The maximum Gasteiger partial charge on any atom is 0.110 e. The van der Waals surface area contributed by atoms with Crippen molar-refractivity contribution in [3.63, 3.8) is 0 Å². The van der Waals surface area contributed by atoms with Gasteiger partial charge < -0.3 is 9.88 Å². The van der Waals surface area contributed by atoms with E-state index in [9.17, 15) is 0 Å². The largest absolute Gasteiger partial charge is 0.325 e. The molecule has 1 N–H and O–H groups in total. The van der Waals surface area contributed by atoms with Gasteiger partial charge in [-0.2, -0.15) is 0 Å². The summed E-state index contributed by atoms with van der Waals surface area (Å²) < 4.78 is 2.47. The number of hydrogen-bond acceptors (Lipinski definition) is 3. The molecule has 0 aromatic carbocycles. The summed E-state index contributed by atoms with van der Waals surface area (Å²) in [6, 6.07) is 2.80. The lowest BCUT2D eigenvalue weighted by Crippen LogP contribution is -2.13. The van der Waals surface area contributed by atoms with Gasteiger partial charge in [-0.15, -0.1) is 0 Å². The molecule has 3 heterocycles. The van der Waals surface area contributed by atoms with Crippen molar-refractivity contribution in [1.82, 2.24) is 19.9 Å². The summed E-state index contributed by atoms with van der Waals surface area (Å²) in [5.41, 5.74) is 2.33. The summed E-state index contributed by atoms with van der Waals surface area (Å²) in [6.45, 7) is 2.31. The third-order valence-corrected chi connectivity index (χ3v) is 4.11. The van der Waals surface area contributed by atoms with E-state index >= 15 is 0 Å². The van der Waals surface area contributed by atoms with Gasteiger partial charge in [0.05, 0.1) is 11.7 Å². The van der Waals surface area contributed by atoms with Gasteiger partial charge in [0.2, 0.25) is 0 Å². The zero-order chi connectivity index (χ0) is 11.9. The van der Waals surface area contributed by atoms with Gasteiger partial charge in [-0.05, 0) is 44.3 Å². The molecule has 1 saturated carbocycles. The second-order valence-corrected chi connectivity index (χ2v) is 5.56. The van der Waals surface area contributed by atoms with E-state index in [-0.39, 0.29) is 0 Å². The van der Waals surface area contributed by atoms with E-state index in [0.717, 1.165) is 30.9 Å². The highest BCUT2D eigenvalue weighted by Crippen LogP contribution is 2.39. The molecule has 0 radical (unpaired) electrons. The summed E-state index contributed by atoms with van der Waals surface area (Å²) in [6.07, 6.45) is 8.78. The highest BCUT2D eigenvalue weighted by molar-refractivity contribution is 5.75. The van der Waals surface area contributed by atoms with Crippen LogP contribution in [0.25, 0.3) is 11.0 Å². The molecule has 4 heteroatoms. The molecule has 2 aromatic rings. The fourth-order valence-corrected chi connectivity index (χ4v) is 3.03. The first kappa shape index (κ1) is 10.5. The van der Waals surface area contributed by atoms with Crippen LogP contribution in [0, 0.1) is 5.92 Å². The van der Waals surface area contributed by atoms with Crippen LogP contribution in [-0.2, 0) is 6.42 Å². The number of nitrogens with one attached hydrogen (secondary N) is 1. The predicted molar refractivity (Wildman–Crippen MR) is 70.5 cm³/mol. The van der Waals surface area contributed by atoms with Crippen molar-refractivity contribution < 1.29 is 0 Å². The molecule has 0 bridgehead atoms. The SMILES string of the molecule is c1cc2c(cn1)nc(CC1CCNC1)n2C1CC1. The van der Waals surface area contributed by atoms with Crippen molar-refractivity contribution >= 4 is 11.0 Å². The number of aromatic nitrogens is 3. The first-order chi connectivity index (χ1) is 8.92. The molecule has 1 aliphatic heterocycles. The molecule has 2 fully saturated rings. The Bertz CT molecular complexity index is 564. The van der Waals surface area contributed by atoms with Crippen molar-refractivity contribution in [3.05, 3.63) is 24.3 Å². The maximum absolute atomic E-state index is 4.81. The van der Waals surface area contributed by atoms with Crippen LogP contribution in [0.2, 0.25) is 0 Å². The monoisotopic (exact) mass is 242 g/mol. The molecule has 18 heavy (non-hydrogen) atoms. The summed E-state index contributed by atoms with van der Waals surface area (Å²) in [4.78, 5) is 9.00. The maximum atomic E-state index is 4.81. The number of fused-ring (bicyclic) bond motifs is 1. The number of pyridine rings is 1. The molecule has 1 atom stereocenters. The lowest BCUT2D eigenvalue weighted by Gasteiger charge is -2.11. The van der Waals surface area contributed by atoms with Crippen molar-refractivity contribution in [2.75, 3.05) is 13.1 Å². The number of hydrogen-bond donors (Lipinski definition) is 1. The Balaban J connectivity index is 1.75. The molecule has 4 rings (SSSR count). The van der Waals surface area contributed by atoms with E-state index < -0.39 is 0 Å². The van der Waals surface area contributed by atoms with Crippen LogP contribution in [0.4, 0.5) is 0 Å².